The zero-order valence-corrected chi connectivity index (χ0v) is 16.7. The van der Waals surface area contributed by atoms with Crippen molar-refractivity contribution in [3.8, 4) is 11.8 Å². The summed E-state index contributed by atoms with van der Waals surface area (Å²) in [7, 11) is -7.04. The Morgan fingerprint density at radius 1 is 1.28 bits per heavy atom. The molecule has 1 aromatic carbocycles. The molecule has 7 nitrogen and oxygen atoms in total. The summed E-state index contributed by atoms with van der Waals surface area (Å²) < 4.78 is 65.9. The van der Waals surface area contributed by atoms with Crippen molar-refractivity contribution in [2.45, 2.75) is 4.90 Å². The first-order valence-corrected chi connectivity index (χ1v) is 9.87. The van der Waals surface area contributed by atoms with Crippen molar-refractivity contribution < 1.29 is 29.3 Å². The summed E-state index contributed by atoms with van der Waals surface area (Å²) in [4.78, 5) is 14.4. The number of carboxylic acid groups (broad SMARTS) is 1. The van der Waals surface area contributed by atoms with E-state index in [1.807, 2.05) is 0 Å². The van der Waals surface area contributed by atoms with E-state index in [4.69, 9.17) is 28.5 Å². The Bertz CT molecular complexity index is 1070. The van der Waals surface area contributed by atoms with Gasteiger partial charge in [0, 0.05) is 14.1 Å². The van der Waals surface area contributed by atoms with E-state index in [0.717, 1.165) is 6.34 Å². The second kappa shape index (κ2) is 6.48. The monoisotopic (exact) mass is 477 g/mol. The molecule has 1 heterocycles. The average Bonchev–Trinajstić information content (AvgIpc) is 2.88. The minimum Gasteiger partial charge on any atom is -0.477 e. The van der Waals surface area contributed by atoms with Gasteiger partial charge in [0.2, 0.25) is 0 Å². The molecule has 1 aromatic heterocycles. The number of aromatic nitrogens is 2. The number of nitriles is 1. The largest absolute Gasteiger partial charge is 0.477 e. The first-order chi connectivity index (χ1) is 13.0. The van der Waals surface area contributed by atoms with Gasteiger partial charge in [0.05, 0.1) is 16.4 Å². The summed E-state index contributed by atoms with van der Waals surface area (Å²) in [5.74, 6) is -2.12. The van der Waals surface area contributed by atoms with Crippen molar-refractivity contribution >= 4 is 51.6 Å². The zero-order valence-electron chi connectivity index (χ0n) is 14.4. The molecule has 0 aliphatic heterocycles. The molecule has 0 aliphatic carbocycles. The first-order valence-electron chi connectivity index (χ1n) is 7.16. The van der Waals surface area contributed by atoms with E-state index in [2.05, 4.69) is 10.1 Å². The fraction of sp³-hybridized carbons (Fsp3) is 0.143. The number of carboxylic acids is 1. The maximum absolute atomic E-state index is 13.1. The summed E-state index contributed by atoms with van der Waals surface area (Å²) >= 11 is 11.5. The van der Waals surface area contributed by atoms with Crippen LogP contribution in [0.5, 0.6) is 0 Å². The van der Waals surface area contributed by atoms with Crippen LogP contribution in [0.25, 0.3) is 5.69 Å². The van der Waals surface area contributed by atoms with Crippen LogP contribution in [0.15, 0.2) is 22.0 Å². The van der Waals surface area contributed by atoms with Crippen LogP contribution in [-0.2, 0) is 0 Å². The highest BCUT2D eigenvalue weighted by atomic mass is 35.5. The Morgan fingerprint density at radius 2 is 1.79 bits per heavy atom. The fourth-order valence-electron chi connectivity index (χ4n) is 2.10. The third-order valence-corrected chi connectivity index (χ3v) is 4.94. The molecular formula is C14H10Cl2F5N5O2S. The van der Waals surface area contributed by atoms with E-state index in [1.165, 1.54) is 25.1 Å². The molecular weight excluding hydrogens is 468 g/mol. The summed E-state index contributed by atoms with van der Waals surface area (Å²) in [5, 5.41) is 20.3. The van der Waals surface area contributed by atoms with Gasteiger partial charge in [-0.25, -0.2) is 14.5 Å². The molecule has 0 bridgehead atoms. The van der Waals surface area contributed by atoms with Gasteiger partial charge < -0.3 is 10.0 Å². The Balaban J connectivity index is 2.89. The summed E-state index contributed by atoms with van der Waals surface area (Å²) in [6.45, 7) is 0. The molecule has 0 saturated carbocycles. The van der Waals surface area contributed by atoms with E-state index in [-0.39, 0.29) is 12.1 Å². The molecule has 0 amide bonds. The number of hydrogen-bond acceptors (Lipinski definition) is 4. The Morgan fingerprint density at radius 3 is 2.17 bits per heavy atom. The molecule has 1 N–H and O–H groups in total. The highest BCUT2D eigenvalue weighted by Crippen LogP contribution is 3.02. The van der Waals surface area contributed by atoms with Crippen LogP contribution < -0.4 is 0 Å². The van der Waals surface area contributed by atoms with E-state index >= 15 is 0 Å². The number of hydrogen-bond donors (Lipinski definition) is 1. The Kier molecular flexibility index (Phi) is 5.08. The molecule has 29 heavy (non-hydrogen) atoms. The smallest absolute Gasteiger partial charge is 0.342 e. The minimum absolute atomic E-state index is 0.0576. The molecule has 0 unspecified atom stereocenters. The molecule has 0 radical (unpaired) electrons. The van der Waals surface area contributed by atoms with Gasteiger partial charge in [-0.1, -0.05) is 42.6 Å². The standard InChI is InChI=1S/C14H10Cl2F5N5O2S/c1-25(2)6-23-13-11(14(27)28)10(5-22)24-26(13)12-8(15)3-7(4-9(12)16)29(17,18,19,20)21/h3-4,6H,1-2H3,(H,27,28)/b23-6+. The van der Waals surface area contributed by atoms with Gasteiger partial charge in [0.1, 0.15) is 22.2 Å². The third kappa shape index (κ3) is 4.72. The van der Waals surface area contributed by atoms with Crippen LogP contribution >= 0.6 is 33.4 Å². The van der Waals surface area contributed by atoms with Crippen molar-refractivity contribution in [1.82, 2.24) is 14.7 Å². The molecule has 0 atom stereocenters. The van der Waals surface area contributed by atoms with E-state index < -0.39 is 53.9 Å². The van der Waals surface area contributed by atoms with Crippen molar-refractivity contribution in [2.24, 2.45) is 4.99 Å². The third-order valence-electron chi connectivity index (χ3n) is 3.24. The van der Waals surface area contributed by atoms with Crippen LogP contribution in [0.3, 0.4) is 0 Å². The SMILES string of the molecule is CN(C)/C=N/c1c(C(=O)O)c(C#N)nn1-c1c(Cl)cc(S(F)(F)(F)(F)F)cc1Cl. The van der Waals surface area contributed by atoms with Gasteiger partial charge in [-0.3, -0.25) is 0 Å². The maximum atomic E-state index is 13.1. The Labute approximate surface area is 170 Å². The van der Waals surface area contributed by atoms with Crippen molar-refractivity contribution in [3.05, 3.63) is 33.4 Å². The highest BCUT2D eigenvalue weighted by Gasteiger charge is 2.65. The number of aromatic carboxylic acids is 1. The van der Waals surface area contributed by atoms with Crippen LogP contribution in [0.1, 0.15) is 16.1 Å². The number of halogens is 7. The van der Waals surface area contributed by atoms with Gasteiger partial charge >= 0.3 is 16.2 Å². The molecule has 15 heteroatoms. The van der Waals surface area contributed by atoms with Crippen molar-refractivity contribution in [1.29, 1.82) is 5.26 Å². The van der Waals surface area contributed by atoms with E-state index in [0.29, 0.717) is 4.68 Å². The lowest BCUT2D eigenvalue weighted by Crippen LogP contribution is -2.09. The number of benzene rings is 1. The van der Waals surface area contributed by atoms with Gasteiger partial charge in [-0.2, -0.15) is 10.4 Å². The second-order valence-corrected chi connectivity index (χ2v) is 9.01. The van der Waals surface area contributed by atoms with Crippen LogP contribution in [0.4, 0.5) is 25.2 Å². The number of aliphatic imine (C=N–C) groups is 1. The number of nitrogens with zero attached hydrogens (tertiary/aromatic N) is 5. The molecule has 0 saturated heterocycles. The minimum atomic E-state index is -10.1. The lowest BCUT2D eigenvalue weighted by atomic mass is 10.2. The van der Waals surface area contributed by atoms with Crippen molar-refractivity contribution in [3.63, 3.8) is 0 Å². The topological polar surface area (TPSA) is 94.5 Å². The van der Waals surface area contributed by atoms with Crippen LogP contribution in [0.2, 0.25) is 10.0 Å². The molecule has 0 spiro atoms. The maximum Gasteiger partial charge on any atom is 0.342 e. The quantitative estimate of drug-likeness (QED) is 0.342. The summed E-state index contributed by atoms with van der Waals surface area (Å²) in [6.07, 6.45) is 1.12. The molecule has 0 fully saturated rings. The first kappa shape index (κ1) is 22.7. The van der Waals surface area contributed by atoms with Crippen LogP contribution in [0, 0.1) is 11.3 Å². The van der Waals surface area contributed by atoms with Gasteiger partial charge in [-0.15, -0.1) is 0 Å². The summed E-state index contributed by atoms with van der Waals surface area (Å²) in [5.41, 5.74) is -1.89. The summed E-state index contributed by atoms with van der Waals surface area (Å²) in [6, 6.07) is 1.39. The fourth-order valence-corrected chi connectivity index (χ4v) is 3.55. The predicted molar refractivity (Wildman–Crippen MR) is 98.5 cm³/mol. The normalized spacial score (nSPS) is 14.3. The van der Waals surface area contributed by atoms with Gasteiger partial charge in [-0.05, 0) is 12.1 Å². The molecule has 158 valence electrons. The predicted octanol–water partition coefficient (Wildman–Crippen LogP) is 5.63. The lowest BCUT2D eigenvalue weighted by molar-refractivity contribution is 0.0697. The molecule has 2 rings (SSSR count). The second-order valence-electron chi connectivity index (χ2n) is 5.79. The molecule has 0 aliphatic rings. The van der Waals surface area contributed by atoms with E-state index in [9.17, 15) is 29.3 Å². The van der Waals surface area contributed by atoms with Crippen molar-refractivity contribution in [2.75, 3.05) is 14.1 Å². The highest BCUT2D eigenvalue weighted by molar-refractivity contribution is 8.45. The van der Waals surface area contributed by atoms with Crippen LogP contribution in [-0.4, -0.2) is 46.2 Å². The molecule has 2 aromatic rings. The van der Waals surface area contributed by atoms with Gasteiger partial charge in [0.15, 0.2) is 11.5 Å². The number of rotatable bonds is 5. The average molecular weight is 478 g/mol. The Hall–Kier alpha value is -2.56. The lowest BCUT2D eigenvalue weighted by Gasteiger charge is -2.40. The van der Waals surface area contributed by atoms with E-state index in [1.54, 1.807) is 0 Å². The zero-order chi connectivity index (χ0) is 22.4. The van der Waals surface area contributed by atoms with Gasteiger partial charge in [0.25, 0.3) is 0 Å². The number of carbonyl (C=O) groups is 1.